The predicted octanol–water partition coefficient (Wildman–Crippen LogP) is 2.12. The molecular weight excluding hydrogens is 256 g/mol. The molecule has 2 heterocycles. The molecule has 1 aliphatic carbocycles. The van der Waals surface area contributed by atoms with Gasteiger partial charge >= 0.3 is 0 Å². The molecule has 0 unspecified atom stereocenters. The first-order valence-electron chi connectivity index (χ1n) is 7.92. The second kappa shape index (κ2) is 4.65. The fourth-order valence-electron chi connectivity index (χ4n) is 3.52. The van der Waals surface area contributed by atoms with Crippen LogP contribution in [0.3, 0.4) is 0 Å². The van der Waals surface area contributed by atoms with Crippen LogP contribution in [0, 0.1) is 11.8 Å². The van der Waals surface area contributed by atoms with Gasteiger partial charge < -0.3 is 14.2 Å². The van der Waals surface area contributed by atoms with Crippen LogP contribution in [0.1, 0.15) is 35.0 Å². The maximum atomic E-state index is 12.2. The van der Waals surface area contributed by atoms with Crippen molar-refractivity contribution >= 4 is 5.78 Å². The van der Waals surface area contributed by atoms with Crippen LogP contribution in [0.5, 0.6) is 0 Å². The van der Waals surface area contributed by atoms with Crippen LogP contribution in [-0.4, -0.2) is 42.9 Å². The third kappa shape index (κ3) is 2.14. The van der Waals surface area contributed by atoms with E-state index in [1.165, 1.54) is 7.11 Å². The van der Waals surface area contributed by atoms with Gasteiger partial charge in [-0.25, -0.2) is 0 Å². The third-order valence-corrected chi connectivity index (χ3v) is 4.88. The van der Waals surface area contributed by atoms with Crippen LogP contribution >= 0.6 is 0 Å². The number of carbonyl (C=O) groups excluding carboxylic acids is 1. The van der Waals surface area contributed by atoms with Crippen molar-refractivity contribution in [1.29, 1.82) is 0 Å². The highest BCUT2D eigenvalue weighted by atomic mass is 16.6. The maximum Gasteiger partial charge on any atom is 0.184 e. The second-order valence-electron chi connectivity index (χ2n) is 6.79. The summed E-state index contributed by atoms with van der Waals surface area (Å²) in [6, 6.07) is -0.00131. The summed E-state index contributed by atoms with van der Waals surface area (Å²) in [5.74, 6) is 0.215. The zero-order valence-corrected chi connectivity index (χ0v) is 12.6. The third-order valence-electron chi connectivity index (χ3n) is 4.88. The lowest BCUT2D eigenvalue weighted by Crippen LogP contribution is -2.50. The average Bonchev–Trinajstić information content (AvgIpc) is 3.31. The largest absolute Gasteiger partial charge is 0.373 e. The molecule has 5 atom stereocenters. The van der Waals surface area contributed by atoms with Gasteiger partial charge in [-0.1, -0.05) is 13.8 Å². The summed E-state index contributed by atoms with van der Waals surface area (Å²) in [5.41, 5.74) is -0.925. The second-order valence-corrected chi connectivity index (χ2v) is 6.79. The molecule has 1 spiro atoms. The molecule has 0 aromatic carbocycles. The highest BCUT2D eigenvalue weighted by molar-refractivity contribution is 5.95. The van der Waals surface area contributed by atoms with Crippen molar-refractivity contribution in [2.45, 2.75) is 57.0 Å². The first-order valence-corrected chi connectivity index (χ1v) is 7.42. The fraction of sp³-hybridized carbons (Fsp3) is 0.812. The molecule has 0 amide bonds. The standard InChI is InChI=1S/C16H24O4/c1-10(2)5-6-12-15(3,20-12)14-13(18-4)11(17)7-8-16(14)9-19-16/h7-8,10,12-14H,5-6,9H2,1-4H3/t12-,13-,14-,15-,16+/m1/s1/i7D. The minimum absolute atomic E-state index is 0.00131. The van der Waals surface area contributed by atoms with Gasteiger partial charge in [-0.3, -0.25) is 4.79 Å². The van der Waals surface area contributed by atoms with Gasteiger partial charge in [-0.15, -0.1) is 0 Å². The monoisotopic (exact) mass is 281 g/mol. The first kappa shape index (κ1) is 13.0. The van der Waals surface area contributed by atoms with Crippen LogP contribution in [0.25, 0.3) is 0 Å². The van der Waals surface area contributed by atoms with Crippen LogP contribution in [-0.2, 0) is 19.0 Å². The summed E-state index contributed by atoms with van der Waals surface area (Å²) in [7, 11) is 1.53. The number of methoxy groups -OCH3 is 1. The van der Waals surface area contributed by atoms with Gasteiger partial charge in [0, 0.05) is 7.11 Å². The molecule has 2 saturated heterocycles. The Balaban J connectivity index is 1.82. The molecule has 0 saturated carbocycles. The minimum atomic E-state index is -0.640. The summed E-state index contributed by atoms with van der Waals surface area (Å²) >= 11 is 0. The highest BCUT2D eigenvalue weighted by Crippen LogP contribution is 2.57. The van der Waals surface area contributed by atoms with Crippen molar-refractivity contribution in [3.05, 3.63) is 12.1 Å². The first-order chi connectivity index (χ1) is 9.84. The van der Waals surface area contributed by atoms with Gasteiger partial charge in [0.25, 0.3) is 0 Å². The van der Waals surface area contributed by atoms with Gasteiger partial charge in [0.15, 0.2) is 5.78 Å². The molecule has 3 aliphatic rings. The zero-order valence-electron chi connectivity index (χ0n) is 13.6. The van der Waals surface area contributed by atoms with E-state index in [-0.39, 0.29) is 29.5 Å². The summed E-state index contributed by atoms with van der Waals surface area (Å²) < 4.78 is 24.9. The fourth-order valence-corrected chi connectivity index (χ4v) is 3.52. The molecule has 0 N–H and O–H groups in total. The van der Waals surface area contributed by atoms with Crippen molar-refractivity contribution in [3.63, 3.8) is 0 Å². The van der Waals surface area contributed by atoms with Crippen LogP contribution in [0.2, 0.25) is 0 Å². The average molecular weight is 281 g/mol. The lowest BCUT2D eigenvalue weighted by molar-refractivity contribution is -0.132. The van der Waals surface area contributed by atoms with Crippen LogP contribution in [0.15, 0.2) is 12.1 Å². The van der Waals surface area contributed by atoms with Crippen molar-refractivity contribution in [2.24, 2.45) is 11.8 Å². The molecule has 2 aliphatic heterocycles. The zero-order chi connectivity index (χ0) is 15.4. The molecule has 0 aromatic heterocycles. The number of rotatable bonds is 5. The smallest absolute Gasteiger partial charge is 0.184 e. The van der Waals surface area contributed by atoms with Crippen molar-refractivity contribution in [1.82, 2.24) is 0 Å². The SMILES string of the molecule is [2H]C1=C[C@]2(CO2)[C@@H]([C@]2(C)O[C@@H]2CCC(C)C)[C@H](OC)C1=O. The number of hydrogen-bond acceptors (Lipinski definition) is 4. The Kier molecular flexibility index (Phi) is 3.02. The molecular formula is C16H24O4. The van der Waals surface area contributed by atoms with Crippen LogP contribution in [0.4, 0.5) is 0 Å². The van der Waals surface area contributed by atoms with Gasteiger partial charge in [-0.05, 0) is 37.8 Å². The molecule has 0 bridgehead atoms. The molecule has 4 nitrogen and oxygen atoms in total. The topological polar surface area (TPSA) is 51.4 Å². The Morgan fingerprint density at radius 2 is 2.30 bits per heavy atom. The quantitative estimate of drug-likeness (QED) is 0.724. The van der Waals surface area contributed by atoms with Crippen molar-refractivity contribution in [3.8, 4) is 0 Å². The number of ketones is 1. The van der Waals surface area contributed by atoms with E-state index >= 15 is 0 Å². The molecule has 2 fully saturated rings. The Hall–Kier alpha value is -0.710. The van der Waals surface area contributed by atoms with E-state index in [1.54, 1.807) is 6.08 Å². The maximum absolute atomic E-state index is 12.2. The van der Waals surface area contributed by atoms with E-state index in [4.69, 9.17) is 15.6 Å². The minimum Gasteiger partial charge on any atom is -0.373 e. The van der Waals surface area contributed by atoms with Crippen LogP contribution < -0.4 is 0 Å². The Labute approximate surface area is 121 Å². The summed E-state index contributed by atoms with van der Waals surface area (Å²) in [6.45, 7) is 6.99. The molecule has 20 heavy (non-hydrogen) atoms. The van der Waals surface area contributed by atoms with Crippen molar-refractivity contribution < 1.29 is 20.4 Å². The lowest BCUT2D eigenvalue weighted by atomic mass is 9.71. The summed E-state index contributed by atoms with van der Waals surface area (Å²) in [5, 5.41) is 0. The normalized spacial score (nSPS) is 47.5. The van der Waals surface area contributed by atoms with Gasteiger partial charge in [0.05, 0.1) is 20.0 Å². The van der Waals surface area contributed by atoms with E-state index in [9.17, 15) is 4.79 Å². The van der Waals surface area contributed by atoms with E-state index in [1.807, 2.05) is 6.92 Å². The molecule has 0 radical (unpaired) electrons. The number of ether oxygens (including phenoxy) is 3. The van der Waals surface area contributed by atoms with E-state index in [2.05, 4.69) is 13.8 Å². The number of carbonyl (C=O) groups is 1. The molecule has 112 valence electrons. The number of epoxide rings is 2. The van der Waals surface area contributed by atoms with E-state index in [0.717, 1.165) is 12.8 Å². The Morgan fingerprint density at radius 3 is 2.85 bits per heavy atom. The van der Waals surface area contributed by atoms with Gasteiger partial charge in [0.1, 0.15) is 17.3 Å². The summed E-state index contributed by atoms with van der Waals surface area (Å²) in [4.78, 5) is 12.2. The Morgan fingerprint density at radius 1 is 1.60 bits per heavy atom. The van der Waals surface area contributed by atoms with E-state index < -0.39 is 11.7 Å². The Bertz CT molecular complexity index is 483. The highest BCUT2D eigenvalue weighted by Gasteiger charge is 2.70. The molecule has 3 rings (SSSR count). The van der Waals surface area contributed by atoms with Crippen molar-refractivity contribution in [2.75, 3.05) is 13.7 Å². The predicted molar refractivity (Wildman–Crippen MR) is 74.5 cm³/mol. The lowest BCUT2D eigenvalue weighted by Gasteiger charge is -2.34. The number of hydrogen-bond donors (Lipinski definition) is 0. The molecule has 4 heteroatoms. The van der Waals surface area contributed by atoms with E-state index in [0.29, 0.717) is 12.5 Å². The van der Waals surface area contributed by atoms with Gasteiger partial charge in [-0.2, -0.15) is 0 Å². The molecule has 0 aromatic rings. The summed E-state index contributed by atoms with van der Waals surface area (Å²) in [6.07, 6.45) is 3.26. The van der Waals surface area contributed by atoms with Gasteiger partial charge in [0.2, 0.25) is 0 Å².